The molecule has 0 fully saturated rings. The third-order valence-electron chi connectivity index (χ3n) is 4.65. The zero-order chi connectivity index (χ0) is 21.8. The van der Waals surface area contributed by atoms with Crippen LogP contribution in [0.3, 0.4) is 0 Å². The molecule has 0 aliphatic rings. The molecule has 0 radical (unpaired) electrons. The van der Waals surface area contributed by atoms with Crippen LogP contribution in [0.4, 0.5) is 14.6 Å². The first-order chi connectivity index (χ1) is 15.0. The van der Waals surface area contributed by atoms with E-state index in [0.717, 1.165) is 0 Å². The van der Waals surface area contributed by atoms with Crippen molar-refractivity contribution in [3.63, 3.8) is 0 Å². The van der Waals surface area contributed by atoms with Gasteiger partial charge >= 0.3 is 0 Å². The van der Waals surface area contributed by atoms with Crippen molar-refractivity contribution >= 4 is 29.0 Å². The maximum absolute atomic E-state index is 13.7. The van der Waals surface area contributed by atoms with Gasteiger partial charge in [0.15, 0.2) is 5.65 Å². The Morgan fingerprint density at radius 1 is 1.16 bits per heavy atom. The van der Waals surface area contributed by atoms with Gasteiger partial charge < -0.3 is 10.6 Å². The van der Waals surface area contributed by atoms with E-state index < -0.39 is 5.82 Å². The first-order valence-electron chi connectivity index (χ1n) is 9.54. The van der Waals surface area contributed by atoms with Gasteiger partial charge in [-0.25, -0.2) is 13.8 Å². The van der Waals surface area contributed by atoms with Gasteiger partial charge in [0.2, 0.25) is 5.91 Å². The van der Waals surface area contributed by atoms with Crippen molar-refractivity contribution in [2.24, 2.45) is 0 Å². The Labute approximate surface area is 181 Å². The molecule has 31 heavy (non-hydrogen) atoms. The lowest BCUT2D eigenvalue weighted by molar-refractivity contribution is -0.121. The number of rotatable bonds is 7. The Morgan fingerprint density at radius 3 is 2.84 bits per heavy atom. The Morgan fingerprint density at radius 2 is 2.03 bits per heavy atom. The number of nitrogens with one attached hydrogen (secondary N) is 2. The predicted octanol–water partition coefficient (Wildman–Crippen LogP) is 4.45. The van der Waals surface area contributed by atoms with Crippen LogP contribution in [-0.2, 0) is 11.3 Å². The van der Waals surface area contributed by atoms with Crippen molar-refractivity contribution in [3.8, 4) is 11.3 Å². The molecule has 4 aromatic rings. The maximum Gasteiger partial charge on any atom is 0.222 e. The Hall–Kier alpha value is -3.52. The van der Waals surface area contributed by atoms with Crippen LogP contribution < -0.4 is 10.6 Å². The quantitative estimate of drug-likeness (QED) is 0.444. The molecular weight excluding hydrogens is 424 g/mol. The fraction of sp³-hybridized carbons (Fsp3) is 0.136. The summed E-state index contributed by atoms with van der Waals surface area (Å²) in [6.45, 7) is 0.573. The lowest BCUT2D eigenvalue weighted by Gasteiger charge is -2.10. The van der Waals surface area contributed by atoms with Crippen LogP contribution >= 0.6 is 11.6 Å². The zero-order valence-electron chi connectivity index (χ0n) is 16.3. The number of carbonyl (C=O) groups is 1. The number of anilines is 1. The minimum Gasteiger partial charge on any atom is -0.369 e. The molecule has 0 aliphatic heterocycles. The molecule has 0 saturated carbocycles. The summed E-state index contributed by atoms with van der Waals surface area (Å²) in [5, 5.41) is 6.01. The van der Waals surface area contributed by atoms with Gasteiger partial charge in [0.25, 0.3) is 0 Å². The zero-order valence-corrected chi connectivity index (χ0v) is 17.0. The fourth-order valence-corrected chi connectivity index (χ4v) is 3.35. The number of hydrogen-bond donors (Lipinski definition) is 2. The molecular formula is C22H18ClF2N5O. The first kappa shape index (κ1) is 20.7. The summed E-state index contributed by atoms with van der Waals surface area (Å²) in [6, 6.07) is 10.5. The first-order valence-corrected chi connectivity index (χ1v) is 9.91. The summed E-state index contributed by atoms with van der Waals surface area (Å²) in [5.41, 5.74) is 2.48. The van der Waals surface area contributed by atoms with E-state index in [1.165, 1.54) is 24.3 Å². The maximum atomic E-state index is 13.7. The Bertz CT molecular complexity index is 1240. The minimum atomic E-state index is -0.502. The van der Waals surface area contributed by atoms with Gasteiger partial charge in [-0.2, -0.15) is 0 Å². The minimum absolute atomic E-state index is 0.0143. The average Bonchev–Trinajstić information content (AvgIpc) is 3.13. The van der Waals surface area contributed by atoms with E-state index in [0.29, 0.717) is 34.8 Å². The lowest BCUT2D eigenvalue weighted by Crippen LogP contribution is -2.25. The summed E-state index contributed by atoms with van der Waals surface area (Å²) in [5.74, 6) is -0.408. The molecule has 0 spiro atoms. The number of aromatic nitrogens is 3. The molecule has 2 N–H and O–H groups in total. The van der Waals surface area contributed by atoms with E-state index in [1.54, 1.807) is 41.2 Å². The second-order valence-corrected chi connectivity index (χ2v) is 7.23. The van der Waals surface area contributed by atoms with Crippen LogP contribution in [0.25, 0.3) is 16.9 Å². The standard InChI is InChI=1S/C22H18ClF2N5O/c23-17-10-14(4-5-18(17)25)12-28-20(31)6-7-27-22-21(15-2-1-3-16(24)11-15)29-19-13-26-8-9-30(19)22/h1-5,8-11,13,27H,6-7,12H2,(H,28,31). The van der Waals surface area contributed by atoms with Crippen molar-refractivity contribution in [1.29, 1.82) is 0 Å². The molecule has 0 saturated heterocycles. The van der Waals surface area contributed by atoms with Crippen molar-refractivity contribution in [3.05, 3.63) is 83.3 Å². The smallest absolute Gasteiger partial charge is 0.222 e. The summed E-state index contributed by atoms with van der Waals surface area (Å²) in [6.07, 6.45) is 5.16. The van der Waals surface area contributed by atoms with E-state index in [1.807, 2.05) is 0 Å². The SMILES string of the molecule is O=C(CCNc1c(-c2cccc(F)c2)nc2cnccn12)NCc1ccc(F)c(Cl)c1. The highest BCUT2D eigenvalue weighted by Gasteiger charge is 2.15. The highest BCUT2D eigenvalue weighted by Crippen LogP contribution is 2.28. The topological polar surface area (TPSA) is 71.3 Å². The fourth-order valence-electron chi connectivity index (χ4n) is 3.15. The monoisotopic (exact) mass is 441 g/mol. The number of nitrogens with zero attached hydrogens (tertiary/aromatic N) is 3. The Balaban J connectivity index is 1.43. The number of fused-ring (bicyclic) bond motifs is 1. The van der Waals surface area contributed by atoms with E-state index in [9.17, 15) is 13.6 Å². The van der Waals surface area contributed by atoms with Gasteiger partial charge in [0.05, 0.1) is 11.2 Å². The van der Waals surface area contributed by atoms with E-state index in [-0.39, 0.29) is 29.7 Å². The van der Waals surface area contributed by atoms with E-state index >= 15 is 0 Å². The predicted molar refractivity (Wildman–Crippen MR) is 115 cm³/mol. The van der Waals surface area contributed by atoms with Crippen LogP contribution in [0.5, 0.6) is 0 Å². The van der Waals surface area contributed by atoms with Gasteiger partial charge in [-0.3, -0.25) is 14.2 Å². The third-order valence-corrected chi connectivity index (χ3v) is 4.94. The Kier molecular flexibility index (Phi) is 6.08. The van der Waals surface area contributed by atoms with Gasteiger partial charge in [-0.05, 0) is 29.8 Å². The van der Waals surface area contributed by atoms with Crippen LogP contribution in [0.15, 0.2) is 61.1 Å². The summed E-state index contributed by atoms with van der Waals surface area (Å²) in [4.78, 5) is 20.8. The van der Waals surface area contributed by atoms with E-state index in [2.05, 4.69) is 20.6 Å². The van der Waals surface area contributed by atoms with Crippen LogP contribution in [0, 0.1) is 11.6 Å². The van der Waals surface area contributed by atoms with Gasteiger partial charge in [-0.1, -0.05) is 29.8 Å². The molecule has 0 bridgehead atoms. The molecule has 0 aliphatic carbocycles. The highest BCUT2D eigenvalue weighted by atomic mass is 35.5. The van der Waals surface area contributed by atoms with Crippen LogP contribution in [0.1, 0.15) is 12.0 Å². The van der Waals surface area contributed by atoms with Crippen molar-refractivity contribution in [2.45, 2.75) is 13.0 Å². The largest absolute Gasteiger partial charge is 0.369 e. The molecule has 2 aromatic heterocycles. The number of imidazole rings is 1. The molecule has 6 nitrogen and oxygen atoms in total. The average molecular weight is 442 g/mol. The normalized spacial score (nSPS) is 10.9. The van der Waals surface area contributed by atoms with Crippen molar-refractivity contribution < 1.29 is 13.6 Å². The number of halogens is 3. The molecule has 158 valence electrons. The number of hydrogen-bond acceptors (Lipinski definition) is 4. The second kappa shape index (κ2) is 9.09. The lowest BCUT2D eigenvalue weighted by atomic mass is 10.1. The highest BCUT2D eigenvalue weighted by molar-refractivity contribution is 6.30. The van der Waals surface area contributed by atoms with Gasteiger partial charge in [-0.15, -0.1) is 0 Å². The number of benzene rings is 2. The van der Waals surface area contributed by atoms with E-state index in [4.69, 9.17) is 11.6 Å². The van der Waals surface area contributed by atoms with Gasteiger partial charge in [0.1, 0.15) is 23.1 Å². The molecule has 9 heteroatoms. The van der Waals surface area contributed by atoms with Crippen LogP contribution in [-0.4, -0.2) is 26.8 Å². The molecule has 0 unspecified atom stereocenters. The van der Waals surface area contributed by atoms with Gasteiger partial charge in [0, 0.05) is 37.5 Å². The van der Waals surface area contributed by atoms with Crippen LogP contribution in [0.2, 0.25) is 5.02 Å². The third kappa shape index (κ3) is 4.80. The molecule has 1 amide bonds. The van der Waals surface area contributed by atoms with Crippen molar-refractivity contribution in [2.75, 3.05) is 11.9 Å². The molecule has 4 rings (SSSR count). The molecule has 0 atom stereocenters. The molecule has 2 heterocycles. The molecule has 2 aromatic carbocycles. The number of amides is 1. The van der Waals surface area contributed by atoms with Crippen molar-refractivity contribution in [1.82, 2.24) is 19.7 Å². The summed E-state index contributed by atoms with van der Waals surface area (Å²) < 4.78 is 28.7. The second-order valence-electron chi connectivity index (χ2n) is 6.83. The summed E-state index contributed by atoms with van der Waals surface area (Å²) in [7, 11) is 0. The summed E-state index contributed by atoms with van der Waals surface area (Å²) >= 11 is 5.76. The number of carbonyl (C=O) groups excluding carboxylic acids is 1.